The molecule has 0 amide bonds. The van der Waals surface area contributed by atoms with E-state index in [9.17, 15) is 0 Å². The van der Waals surface area contributed by atoms with Crippen molar-refractivity contribution in [3.63, 3.8) is 0 Å². The van der Waals surface area contributed by atoms with Gasteiger partial charge in [-0.05, 0) is 71.8 Å². The van der Waals surface area contributed by atoms with E-state index >= 15 is 0 Å². The Morgan fingerprint density at radius 1 is 1.22 bits per heavy atom. The van der Waals surface area contributed by atoms with Gasteiger partial charge in [-0.3, -0.25) is 4.90 Å². The van der Waals surface area contributed by atoms with Crippen molar-refractivity contribution in [1.82, 2.24) is 15.1 Å². The third-order valence-corrected chi connectivity index (χ3v) is 4.66. The predicted molar refractivity (Wildman–Crippen MR) is 78.0 cm³/mol. The van der Waals surface area contributed by atoms with Gasteiger partial charge in [-0.15, -0.1) is 0 Å². The highest BCUT2D eigenvalue weighted by atomic mass is 15.2. The van der Waals surface area contributed by atoms with Crippen LogP contribution in [0.3, 0.4) is 0 Å². The van der Waals surface area contributed by atoms with Crippen molar-refractivity contribution in [3.8, 4) is 0 Å². The van der Waals surface area contributed by atoms with Crippen LogP contribution in [0, 0.1) is 0 Å². The van der Waals surface area contributed by atoms with Crippen LogP contribution in [0.1, 0.15) is 45.4 Å². The van der Waals surface area contributed by atoms with Gasteiger partial charge in [-0.25, -0.2) is 0 Å². The lowest BCUT2D eigenvalue weighted by Crippen LogP contribution is -2.40. The Morgan fingerprint density at radius 2 is 2.11 bits per heavy atom. The molecule has 106 valence electrons. The van der Waals surface area contributed by atoms with Gasteiger partial charge in [0.2, 0.25) is 0 Å². The van der Waals surface area contributed by atoms with Crippen LogP contribution >= 0.6 is 0 Å². The smallest absolute Gasteiger partial charge is 0.0220 e. The summed E-state index contributed by atoms with van der Waals surface area (Å²) in [6, 6.07) is 1.61. The van der Waals surface area contributed by atoms with Crippen LogP contribution in [-0.2, 0) is 0 Å². The molecule has 2 heterocycles. The molecule has 2 saturated heterocycles. The van der Waals surface area contributed by atoms with E-state index in [2.05, 4.69) is 29.1 Å². The molecule has 0 aliphatic carbocycles. The van der Waals surface area contributed by atoms with Crippen LogP contribution in [0.25, 0.3) is 0 Å². The fourth-order valence-electron chi connectivity index (χ4n) is 3.52. The Balaban J connectivity index is 1.71. The minimum atomic E-state index is 0.786. The zero-order chi connectivity index (χ0) is 12.8. The normalized spacial score (nSPS) is 31.7. The third kappa shape index (κ3) is 4.22. The summed E-state index contributed by atoms with van der Waals surface area (Å²) in [7, 11) is 2.27. The van der Waals surface area contributed by atoms with E-state index in [0.717, 1.165) is 12.1 Å². The second-order valence-electron chi connectivity index (χ2n) is 6.15. The van der Waals surface area contributed by atoms with Crippen molar-refractivity contribution in [2.45, 2.75) is 57.5 Å². The summed E-state index contributed by atoms with van der Waals surface area (Å²) in [6.45, 7) is 8.74. The first-order valence-electron chi connectivity index (χ1n) is 7.95. The van der Waals surface area contributed by atoms with Crippen LogP contribution in [0.4, 0.5) is 0 Å². The Kier molecular flexibility index (Phi) is 5.93. The molecule has 3 heteroatoms. The second kappa shape index (κ2) is 7.46. The van der Waals surface area contributed by atoms with Crippen LogP contribution < -0.4 is 5.32 Å². The van der Waals surface area contributed by atoms with Gasteiger partial charge in [0.05, 0.1) is 0 Å². The minimum Gasteiger partial charge on any atom is -0.314 e. The summed E-state index contributed by atoms with van der Waals surface area (Å²) < 4.78 is 0. The summed E-state index contributed by atoms with van der Waals surface area (Å²) in [5.74, 6) is 0. The molecule has 0 aromatic heterocycles. The quantitative estimate of drug-likeness (QED) is 0.808. The summed E-state index contributed by atoms with van der Waals surface area (Å²) in [6.07, 6.45) is 8.18. The molecule has 2 aliphatic rings. The molecular weight excluding hydrogens is 222 g/mol. The van der Waals surface area contributed by atoms with E-state index in [1.165, 1.54) is 71.2 Å². The maximum absolute atomic E-state index is 3.61. The predicted octanol–water partition coefficient (Wildman–Crippen LogP) is 1.93. The lowest BCUT2D eigenvalue weighted by atomic mass is 10.1. The molecule has 0 saturated carbocycles. The highest BCUT2D eigenvalue weighted by Crippen LogP contribution is 2.15. The van der Waals surface area contributed by atoms with Gasteiger partial charge in [-0.2, -0.15) is 0 Å². The molecule has 0 aromatic rings. The van der Waals surface area contributed by atoms with Crippen molar-refractivity contribution >= 4 is 0 Å². The molecule has 2 rings (SSSR count). The first-order valence-corrected chi connectivity index (χ1v) is 7.95. The van der Waals surface area contributed by atoms with Gasteiger partial charge in [-0.1, -0.05) is 6.92 Å². The highest BCUT2D eigenvalue weighted by molar-refractivity contribution is 4.79. The number of hydrogen-bond acceptors (Lipinski definition) is 3. The monoisotopic (exact) mass is 253 g/mol. The lowest BCUT2D eigenvalue weighted by Gasteiger charge is -2.30. The number of nitrogens with one attached hydrogen (secondary N) is 1. The van der Waals surface area contributed by atoms with Crippen molar-refractivity contribution in [2.75, 3.05) is 39.8 Å². The zero-order valence-corrected chi connectivity index (χ0v) is 12.3. The molecule has 0 radical (unpaired) electrons. The summed E-state index contributed by atoms with van der Waals surface area (Å²) in [5.41, 5.74) is 0. The molecule has 2 aliphatic heterocycles. The van der Waals surface area contributed by atoms with Gasteiger partial charge in [0, 0.05) is 18.6 Å². The van der Waals surface area contributed by atoms with E-state index in [0.29, 0.717) is 0 Å². The number of nitrogens with zero attached hydrogens (tertiary/aromatic N) is 2. The molecule has 1 N–H and O–H groups in total. The first-order chi connectivity index (χ1) is 8.79. The number of hydrogen-bond donors (Lipinski definition) is 1. The Bertz CT molecular complexity index is 226. The number of likely N-dealkylation sites (N-methyl/N-ethyl adjacent to an activating group) is 1. The SMILES string of the molecule is CCC1CN(C)CCCN1CCCC1CCCN1. The van der Waals surface area contributed by atoms with Crippen molar-refractivity contribution in [3.05, 3.63) is 0 Å². The van der Waals surface area contributed by atoms with E-state index in [1.807, 2.05) is 0 Å². The third-order valence-electron chi connectivity index (χ3n) is 4.66. The fraction of sp³-hybridized carbons (Fsp3) is 1.00. The van der Waals surface area contributed by atoms with Gasteiger partial charge >= 0.3 is 0 Å². The average Bonchev–Trinajstić information content (AvgIpc) is 2.81. The van der Waals surface area contributed by atoms with E-state index in [-0.39, 0.29) is 0 Å². The number of rotatable bonds is 5. The van der Waals surface area contributed by atoms with Crippen LogP contribution in [0.2, 0.25) is 0 Å². The van der Waals surface area contributed by atoms with Gasteiger partial charge in [0.25, 0.3) is 0 Å². The molecule has 2 atom stereocenters. The molecule has 2 fully saturated rings. The van der Waals surface area contributed by atoms with E-state index in [4.69, 9.17) is 0 Å². The Hall–Kier alpha value is -0.120. The Morgan fingerprint density at radius 3 is 2.83 bits per heavy atom. The van der Waals surface area contributed by atoms with Gasteiger partial charge in [0.1, 0.15) is 0 Å². The molecule has 18 heavy (non-hydrogen) atoms. The van der Waals surface area contributed by atoms with Gasteiger partial charge in [0.15, 0.2) is 0 Å². The Labute approximate surface area is 113 Å². The summed E-state index contributed by atoms with van der Waals surface area (Å²) >= 11 is 0. The maximum atomic E-state index is 3.61. The van der Waals surface area contributed by atoms with Crippen LogP contribution in [-0.4, -0.2) is 61.7 Å². The molecular formula is C15H31N3. The zero-order valence-electron chi connectivity index (χ0n) is 12.3. The van der Waals surface area contributed by atoms with Crippen molar-refractivity contribution in [2.24, 2.45) is 0 Å². The molecule has 3 nitrogen and oxygen atoms in total. The molecule has 0 spiro atoms. The van der Waals surface area contributed by atoms with Crippen LogP contribution in [0.15, 0.2) is 0 Å². The molecule has 0 bridgehead atoms. The van der Waals surface area contributed by atoms with Crippen molar-refractivity contribution in [1.29, 1.82) is 0 Å². The summed E-state index contributed by atoms with van der Waals surface area (Å²) in [4.78, 5) is 5.26. The van der Waals surface area contributed by atoms with E-state index < -0.39 is 0 Å². The maximum Gasteiger partial charge on any atom is 0.0220 e. The topological polar surface area (TPSA) is 18.5 Å². The second-order valence-corrected chi connectivity index (χ2v) is 6.15. The molecule has 0 aromatic carbocycles. The fourth-order valence-corrected chi connectivity index (χ4v) is 3.52. The average molecular weight is 253 g/mol. The van der Waals surface area contributed by atoms with Gasteiger partial charge < -0.3 is 10.2 Å². The largest absolute Gasteiger partial charge is 0.314 e. The lowest BCUT2D eigenvalue weighted by molar-refractivity contribution is 0.179. The first kappa shape index (κ1) is 14.3. The summed E-state index contributed by atoms with van der Waals surface area (Å²) in [5, 5.41) is 3.61. The standard InChI is InChI=1S/C15H31N3/c1-3-15-13-17(2)10-6-12-18(15)11-5-8-14-7-4-9-16-14/h14-16H,3-13H2,1-2H3. The highest BCUT2D eigenvalue weighted by Gasteiger charge is 2.22. The molecule has 2 unspecified atom stereocenters. The minimum absolute atomic E-state index is 0.786. The van der Waals surface area contributed by atoms with Crippen molar-refractivity contribution < 1.29 is 0 Å². The van der Waals surface area contributed by atoms with Crippen LogP contribution in [0.5, 0.6) is 0 Å². The van der Waals surface area contributed by atoms with E-state index in [1.54, 1.807) is 0 Å².